The summed E-state index contributed by atoms with van der Waals surface area (Å²) in [5, 5.41) is 15.0. The predicted octanol–water partition coefficient (Wildman–Crippen LogP) is 1.63. The first-order valence-electron chi connectivity index (χ1n) is 5.87. The highest BCUT2D eigenvalue weighted by Crippen LogP contribution is 2.39. The molecule has 0 amide bonds. The second-order valence-corrected chi connectivity index (χ2v) is 5.93. The summed E-state index contributed by atoms with van der Waals surface area (Å²) in [7, 11) is 0. The van der Waals surface area contributed by atoms with Gasteiger partial charge in [0.15, 0.2) is 0 Å². The number of amidine groups is 1. The van der Waals surface area contributed by atoms with E-state index in [9.17, 15) is 0 Å². The van der Waals surface area contributed by atoms with E-state index >= 15 is 0 Å². The zero-order chi connectivity index (χ0) is 12.0. The lowest BCUT2D eigenvalue weighted by molar-refractivity contribution is 0.314. The van der Waals surface area contributed by atoms with Gasteiger partial charge in [-0.2, -0.15) is 11.8 Å². The van der Waals surface area contributed by atoms with Gasteiger partial charge in [-0.1, -0.05) is 24.9 Å². The molecule has 0 aromatic heterocycles. The van der Waals surface area contributed by atoms with Crippen LogP contribution in [0.15, 0.2) is 5.16 Å². The van der Waals surface area contributed by atoms with Gasteiger partial charge in [0.1, 0.15) is 5.84 Å². The third kappa shape index (κ3) is 3.56. The molecule has 1 saturated carbocycles. The van der Waals surface area contributed by atoms with E-state index in [1.54, 1.807) is 0 Å². The highest BCUT2D eigenvalue weighted by Gasteiger charge is 2.32. The molecule has 5 heteroatoms. The van der Waals surface area contributed by atoms with Crippen molar-refractivity contribution in [3.63, 3.8) is 0 Å². The molecule has 4 nitrogen and oxygen atoms in total. The standard InChI is InChI=1S/C11H23N3OS/c1-9(10(12)14-15)7-13-8-11(16-2)5-3-4-6-11/h9,13,15H,3-8H2,1-2H3,(H2,12,14). The molecule has 16 heavy (non-hydrogen) atoms. The van der Waals surface area contributed by atoms with Crippen molar-refractivity contribution in [3.8, 4) is 0 Å². The second-order valence-electron chi connectivity index (χ2n) is 4.65. The summed E-state index contributed by atoms with van der Waals surface area (Å²) in [6, 6.07) is 0. The Labute approximate surface area is 102 Å². The zero-order valence-electron chi connectivity index (χ0n) is 10.2. The average Bonchev–Trinajstić information content (AvgIpc) is 2.77. The third-order valence-corrected chi connectivity index (χ3v) is 4.88. The molecule has 94 valence electrons. The summed E-state index contributed by atoms with van der Waals surface area (Å²) in [4.78, 5) is 0. The van der Waals surface area contributed by atoms with E-state index in [-0.39, 0.29) is 5.92 Å². The Balaban J connectivity index is 2.29. The molecule has 0 aromatic rings. The van der Waals surface area contributed by atoms with Gasteiger partial charge in [-0.25, -0.2) is 0 Å². The largest absolute Gasteiger partial charge is 0.409 e. The van der Waals surface area contributed by atoms with Crippen molar-refractivity contribution in [2.24, 2.45) is 16.8 Å². The quantitative estimate of drug-likeness (QED) is 0.288. The van der Waals surface area contributed by atoms with Crippen LogP contribution in [0.2, 0.25) is 0 Å². The van der Waals surface area contributed by atoms with Gasteiger partial charge in [0.2, 0.25) is 0 Å². The second kappa shape index (κ2) is 6.35. The molecule has 1 rings (SSSR count). The van der Waals surface area contributed by atoms with E-state index in [4.69, 9.17) is 10.9 Å². The number of nitrogens with two attached hydrogens (primary N) is 1. The van der Waals surface area contributed by atoms with E-state index in [1.807, 2.05) is 18.7 Å². The Morgan fingerprint density at radius 3 is 2.69 bits per heavy atom. The van der Waals surface area contributed by atoms with Crippen LogP contribution >= 0.6 is 11.8 Å². The van der Waals surface area contributed by atoms with E-state index < -0.39 is 0 Å². The summed E-state index contributed by atoms with van der Waals surface area (Å²) in [6.07, 6.45) is 7.49. The Bertz CT molecular complexity index is 239. The molecule has 1 atom stereocenters. The van der Waals surface area contributed by atoms with Crippen LogP contribution in [0.4, 0.5) is 0 Å². The number of oxime groups is 1. The molecule has 1 fully saturated rings. The molecule has 1 aliphatic rings. The maximum absolute atomic E-state index is 8.54. The van der Waals surface area contributed by atoms with Gasteiger partial charge in [-0.15, -0.1) is 0 Å². The lowest BCUT2D eigenvalue weighted by atomic mass is 10.1. The van der Waals surface area contributed by atoms with Crippen LogP contribution in [0, 0.1) is 5.92 Å². The monoisotopic (exact) mass is 245 g/mol. The van der Waals surface area contributed by atoms with Crippen LogP contribution in [0.25, 0.3) is 0 Å². The van der Waals surface area contributed by atoms with Crippen LogP contribution in [0.3, 0.4) is 0 Å². The van der Waals surface area contributed by atoms with Crippen molar-refractivity contribution in [2.45, 2.75) is 37.4 Å². The molecule has 0 aromatic carbocycles. The van der Waals surface area contributed by atoms with E-state index in [1.165, 1.54) is 25.7 Å². The molecule has 1 unspecified atom stereocenters. The minimum Gasteiger partial charge on any atom is -0.409 e. The maximum Gasteiger partial charge on any atom is 0.143 e. The van der Waals surface area contributed by atoms with Crippen LogP contribution in [-0.4, -0.2) is 35.1 Å². The van der Waals surface area contributed by atoms with E-state index in [0.29, 0.717) is 10.6 Å². The van der Waals surface area contributed by atoms with Crippen molar-refractivity contribution in [3.05, 3.63) is 0 Å². The van der Waals surface area contributed by atoms with Gasteiger partial charge in [-0.05, 0) is 19.1 Å². The number of rotatable bonds is 6. The average molecular weight is 245 g/mol. The van der Waals surface area contributed by atoms with Crippen molar-refractivity contribution >= 4 is 17.6 Å². The Morgan fingerprint density at radius 1 is 1.56 bits per heavy atom. The summed E-state index contributed by atoms with van der Waals surface area (Å²) in [5.41, 5.74) is 5.53. The molecule has 0 saturated heterocycles. The first-order valence-corrected chi connectivity index (χ1v) is 7.09. The van der Waals surface area contributed by atoms with Gasteiger partial charge >= 0.3 is 0 Å². The normalized spacial score (nSPS) is 22.2. The Kier molecular flexibility index (Phi) is 5.41. The number of hydrogen-bond donors (Lipinski definition) is 3. The minimum atomic E-state index is 0.0882. The summed E-state index contributed by atoms with van der Waals surface area (Å²) in [6.45, 7) is 3.76. The number of nitrogens with zero attached hydrogens (tertiary/aromatic N) is 1. The highest BCUT2D eigenvalue weighted by atomic mass is 32.2. The fraction of sp³-hybridized carbons (Fsp3) is 0.909. The fourth-order valence-corrected chi connectivity index (χ4v) is 3.14. The van der Waals surface area contributed by atoms with Gasteiger partial charge < -0.3 is 16.3 Å². The van der Waals surface area contributed by atoms with Gasteiger partial charge in [0.05, 0.1) is 0 Å². The van der Waals surface area contributed by atoms with Gasteiger partial charge in [-0.3, -0.25) is 0 Å². The van der Waals surface area contributed by atoms with E-state index in [2.05, 4.69) is 16.7 Å². The van der Waals surface area contributed by atoms with Crippen molar-refractivity contribution in [2.75, 3.05) is 19.3 Å². The molecule has 1 aliphatic carbocycles. The summed E-state index contributed by atoms with van der Waals surface area (Å²) in [5.74, 6) is 0.391. The molecule has 0 spiro atoms. The van der Waals surface area contributed by atoms with Crippen molar-refractivity contribution in [1.29, 1.82) is 0 Å². The van der Waals surface area contributed by atoms with Crippen LogP contribution in [-0.2, 0) is 0 Å². The molecule has 0 bridgehead atoms. The fourth-order valence-electron chi connectivity index (χ4n) is 2.19. The predicted molar refractivity (Wildman–Crippen MR) is 70.2 cm³/mol. The minimum absolute atomic E-state index is 0.0882. The molecule has 0 radical (unpaired) electrons. The summed E-state index contributed by atoms with van der Waals surface area (Å²) >= 11 is 1.97. The molecular weight excluding hydrogens is 222 g/mol. The number of thioether (sulfide) groups is 1. The Hall–Kier alpha value is -0.420. The maximum atomic E-state index is 8.54. The highest BCUT2D eigenvalue weighted by molar-refractivity contribution is 8.00. The SMILES string of the molecule is CSC1(CNCC(C)C(N)=NO)CCCC1. The molecular formula is C11H23N3OS. The van der Waals surface area contributed by atoms with Gasteiger partial charge in [0.25, 0.3) is 0 Å². The van der Waals surface area contributed by atoms with E-state index in [0.717, 1.165) is 13.1 Å². The van der Waals surface area contributed by atoms with Gasteiger partial charge in [0, 0.05) is 23.8 Å². The lowest BCUT2D eigenvalue weighted by Crippen LogP contribution is -2.39. The van der Waals surface area contributed by atoms with Crippen molar-refractivity contribution < 1.29 is 5.21 Å². The number of nitrogens with one attached hydrogen (secondary N) is 1. The number of hydrogen-bond acceptors (Lipinski definition) is 4. The lowest BCUT2D eigenvalue weighted by Gasteiger charge is -2.27. The summed E-state index contributed by atoms with van der Waals surface area (Å²) < 4.78 is 0.421. The Morgan fingerprint density at radius 2 is 2.19 bits per heavy atom. The van der Waals surface area contributed by atoms with Crippen LogP contribution in [0.5, 0.6) is 0 Å². The molecule has 0 aliphatic heterocycles. The topological polar surface area (TPSA) is 70.6 Å². The van der Waals surface area contributed by atoms with Crippen LogP contribution in [0.1, 0.15) is 32.6 Å². The zero-order valence-corrected chi connectivity index (χ0v) is 11.0. The first kappa shape index (κ1) is 13.6. The smallest absolute Gasteiger partial charge is 0.143 e. The first-order chi connectivity index (χ1) is 7.63. The molecule has 0 heterocycles. The van der Waals surface area contributed by atoms with Crippen molar-refractivity contribution in [1.82, 2.24) is 5.32 Å². The van der Waals surface area contributed by atoms with Crippen LogP contribution < -0.4 is 11.1 Å². The third-order valence-electron chi connectivity index (χ3n) is 3.47. The molecule has 4 N–H and O–H groups in total.